The molecule has 0 fully saturated rings. The number of methoxy groups -OCH3 is 1. The van der Waals surface area contributed by atoms with Crippen molar-refractivity contribution >= 4 is 62.7 Å². The van der Waals surface area contributed by atoms with Gasteiger partial charge in [-0.05, 0) is 61.8 Å². The fourth-order valence-corrected chi connectivity index (χ4v) is 4.77. The number of thioether (sulfide) groups is 1. The number of carbonyl (C=O) groups is 2. The minimum atomic E-state index is -0.423. The first-order valence-corrected chi connectivity index (χ1v) is 12.2. The molecule has 6 nitrogen and oxygen atoms in total. The van der Waals surface area contributed by atoms with Crippen molar-refractivity contribution in [2.75, 3.05) is 44.4 Å². The number of hydrogen-bond donors (Lipinski definition) is 0. The number of ether oxygens (including phenoxy) is 1. The Bertz CT molecular complexity index is 1050. The summed E-state index contributed by atoms with van der Waals surface area (Å²) in [4.78, 5) is 35.1. The van der Waals surface area contributed by atoms with Crippen molar-refractivity contribution in [2.24, 2.45) is 0 Å². The molecule has 32 heavy (non-hydrogen) atoms. The fraction of sp³-hybridized carbons (Fsp3) is 0.348. The van der Waals surface area contributed by atoms with Gasteiger partial charge in [-0.3, -0.25) is 9.69 Å². The van der Waals surface area contributed by atoms with Crippen molar-refractivity contribution in [1.29, 1.82) is 0 Å². The van der Waals surface area contributed by atoms with Crippen LogP contribution in [-0.4, -0.2) is 61.3 Å². The molecule has 9 heteroatoms. The van der Waals surface area contributed by atoms with E-state index < -0.39 is 5.97 Å². The Morgan fingerprint density at radius 1 is 1.03 bits per heavy atom. The van der Waals surface area contributed by atoms with Crippen LogP contribution in [0.2, 0.25) is 0 Å². The molecule has 0 aliphatic heterocycles. The Morgan fingerprint density at radius 3 is 2.28 bits per heavy atom. The highest BCUT2D eigenvalue weighted by atomic mass is 35.5. The van der Waals surface area contributed by atoms with Crippen LogP contribution in [0.5, 0.6) is 0 Å². The summed E-state index contributed by atoms with van der Waals surface area (Å²) >= 11 is 3.21. The number of esters is 1. The second-order valence-electron chi connectivity index (χ2n) is 6.88. The van der Waals surface area contributed by atoms with Crippen LogP contribution in [0.1, 0.15) is 34.6 Å². The molecule has 0 atom stereocenters. The van der Waals surface area contributed by atoms with Crippen molar-refractivity contribution < 1.29 is 14.3 Å². The van der Waals surface area contributed by atoms with Crippen LogP contribution in [0.15, 0.2) is 47.4 Å². The first kappa shape index (κ1) is 26.1. The predicted octanol–water partition coefficient (Wildman–Crippen LogP) is 5.22. The zero-order valence-corrected chi connectivity index (χ0v) is 21.1. The molecule has 0 radical (unpaired) electrons. The average Bonchev–Trinajstić information content (AvgIpc) is 3.24. The van der Waals surface area contributed by atoms with Gasteiger partial charge in [-0.15, -0.1) is 24.2 Å². The van der Waals surface area contributed by atoms with Crippen LogP contribution < -0.4 is 4.90 Å². The quantitative estimate of drug-likeness (QED) is 0.301. The molecule has 2 aromatic carbocycles. The molecular formula is C23H28ClN3O3S2. The fourth-order valence-electron chi connectivity index (χ4n) is 3.22. The standard InChI is InChI=1S/C23H27N3O3S2.ClH/c1-5-25(6-2)13-14-26(21(27)16-7-9-17(10-8-16)22(28)29-3)23-24-19-12-11-18(30-4)15-20(19)31-23;/h7-12,15H,5-6,13-14H2,1-4H3;1H. The second-order valence-corrected chi connectivity index (χ2v) is 8.77. The highest BCUT2D eigenvalue weighted by molar-refractivity contribution is 7.98. The van der Waals surface area contributed by atoms with E-state index in [9.17, 15) is 9.59 Å². The molecule has 1 heterocycles. The van der Waals surface area contributed by atoms with E-state index >= 15 is 0 Å². The number of likely N-dealkylation sites (N-methyl/N-ethyl adjacent to an activating group) is 1. The van der Waals surface area contributed by atoms with Gasteiger partial charge in [0.15, 0.2) is 5.13 Å². The highest BCUT2D eigenvalue weighted by Gasteiger charge is 2.22. The maximum Gasteiger partial charge on any atom is 0.337 e. The van der Waals surface area contributed by atoms with Crippen molar-refractivity contribution in [3.8, 4) is 0 Å². The normalized spacial score (nSPS) is 10.8. The molecule has 0 aliphatic carbocycles. The molecule has 0 aliphatic rings. The van der Waals surface area contributed by atoms with Gasteiger partial charge in [-0.25, -0.2) is 9.78 Å². The van der Waals surface area contributed by atoms with Crippen LogP contribution in [0.25, 0.3) is 10.2 Å². The lowest BCUT2D eigenvalue weighted by molar-refractivity contribution is 0.0600. The number of amides is 1. The largest absolute Gasteiger partial charge is 0.465 e. The van der Waals surface area contributed by atoms with Gasteiger partial charge < -0.3 is 9.64 Å². The summed E-state index contributed by atoms with van der Waals surface area (Å²) in [5.74, 6) is -0.555. The summed E-state index contributed by atoms with van der Waals surface area (Å²) in [5.41, 5.74) is 1.81. The van der Waals surface area contributed by atoms with Gasteiger partial charge in [0.2, 0.25) is 0 Å². The molecule has 172 valence electrons. The number of fused-ring (bicyclic) bond motifs is 1. The highest BCUT2D eigenvalue weighted by Crippen LogP contribution is 2.32. The number of anilines is 1. The van der Waals surface area contributed by atoms with Gasteiger partial charge in [-0.2, -0.15) is 0 Å². The van der Waals surface area contributed by atoms with Crippen LogP contribution >= 0.6 is 35.5 Å². The molecule has 0 spiro atoms. The number of rotatable bonds is 9. The van der Waals surface area contributed by atoms with E-state index in [1.54, 1.807) is 40.9 Å². The number of aromatic nitrogens is 1. The van der Waals surface area contributed by atoms with Gasteiger partial charge in [0.1, 0.15) is 0 Å². The third-order valence-corrected chi connectivity index (χ3v) is 6.91. The number of carbonyl (C=O) groups excluding carboxylic acids is 2. The average molecular weight is 494 g/mol. The first-order valence-electron chi connectivity index (χ1n) is 10.2. The Morgan fingerprint density at radius 2 is 1.69 bits per heavy atom. The second kappa shape index (κ2) is 12.2. The molecule has 1 aromatic heterocycles. The maximum absolute atomic E-state index is 13.4. The smallest absolute Gasteiger partial charge is 0.337 e. The van der Waals surface area contributed by atoms with Crippen LogP contribution in [0.4, 0.5) is 5.13 Å². The molecule has 0 N–H and O–H groups in total. The van der Waals surface area contributed by atoms with E-state index in [-0.39, 0.29) is 18.3 Å². The minimum absolute atomic E-state index is 0. The summed E-state index contributed by atoms with van der Waals surface area (Å²) in [6.07, 6.45) is 2.04. The van der Waals surface area contributed by atoms with Crippen LogP contribution in [0, 0.1) is 0 Å². The summed E-state index contributed by atoms with van der Waals surface area (Å²) in [5, 5.41) is 0.683. The predicted molar refractivity (Wildman–Crippen MR) is 136 cm³/mol. The SMILES string of the molecule is CCN(CC)CCN(C(=O)c1ccc(C(=O)OC)cc1)c1nc2ccc(SC)cc2s1.Cl. The molecule has 0 unspecified atom stereocenters. The Hall–Kier alpha value is -2.13. The van der Waals surface area contributed by atoms with Crippen LogP contribution in [-0.2, 0) is 4.74 Å². The molecule has 0 saturated heterocycles. The monoisotopic (exact) mass is 493 g/mol. The Balaban J connectivity index is 0.00000363. The van der Waals surface area contributed by atoms with E-state index in [0.717, 1.165) is 29.9 Å². The third kappa shape index (κ3) is 6.01. The minimum Gasteiger partial charge on any atom is -0.465 e. The molecular weight excluding hydrogens is 466 g/mol. The van der Waals surface area contributed by atoms with Gasteiger partial charge in [0.25, 0.3) is 5.91 Å². The molecule has 0 saturated carbocycles. The Kier molecular flexibility index (Phi) is 9.96. The van der Waals surface area contributed by atoms with E-state index in [1.807, 2.05) is 18.4 Å². The zero-order chi connectivity index (χ0) is 22.4. The number of halogens is 1. The molecule has 3 aromatic rings. The van der Waals surface area contributed by atoms with E-state index in [1.165, 1.54) is 23.3 Å². The van der Waals surface area contributed by atoms with Gasteiger partial charge in [0.05, 0.1) is 22.9 Å². The topological polar surface area (TPSA) is 62.7 Å². The third-order valence-electron chi connectivity index (χ3n) is 5.15. The lowest BCUT2D eigenvalue weighted by Gasteiger charge is -2.24. The maximum atomic E-state index is 13.4. The lowest BCUT2D eigenvalue weighted by Crippen LogP contribution is -2.38. The summed E-state index contributed by atoms with van der Waals surface area (Å²) in [7, 11) is 1.34. The summed E-state index contributed by atoms with van der Waals surface area (Å²) in [6, 6.07) is 12.7. The Labute approximate surface area is 203 Å². The molecule has 1 amide bonds. The van der Waals surface area contributed by atoms with E-state index in [0.29, 0.717) is 22.8 Å². The van der Waals surface area contributed by atoms with E-state index in [2.05, 4.69) is 24.8 Å². The number of hydrogen-bond acceptors (Lipinski definition) is 7. The summed E-state index contributed by atoms with van der Waals surface area (Å²) < 4.78 is 5.80. The molecule has 0 bridgehead atoms. The number of benzene rings is 2. The zero-order valence-electron chi connectivity index (χ0n) is 18.7. The van der Waals surface area contributed by atoms with Gasteiger partial charge in [0, 0.05) is 23.5 Å². The van der Waals surface area contributed by atoms with Crippen molar-refractivity contribution in [3.63, 3.8) is 0 Å². The molecule has 3 rings (SSSR count). The van der Waals surface area contributed by atoms with Crippen LogP contribution in [0.3, 0.4) is 0 Å². The van der Waals surface area contributed by atoms with Gasteiger partial charge >= 0.3 is 5.97 Å². The van der Waals surface area contributed by atoms with Gasteiger partial charge in [-0.1, -0.05) is 25.2 Å². The number of nitrogens with zero attached hydrogens (tertiary/aromatic N) is 3. The number of thiazole rings is 1. The van der Waals surface area contributed by atoms with E-state index in [4.69, 9.17) is 9.72 Å². The van der Waals surface area contributed by atoms with Crippen molar-refractivity contribution in [1.82, 2.24) is 9.88 Å². The summed E-state index contributed by atoms with van der Waals surface area (Å²) in [6.45, 7) is 7.36. The first-order chi connectivity index (χ1) is 15.0. The van der Waals surface area contributed by atoms with Crippen molar-refractivity contribution in [2.45, 2.75) is 18.7 Å². The van der Waals surface area contributed by atoms with Crippen molar-refractivity contribution in [3.05, 3.63) is 53.6 Å². The lowest BCUT2D eigenvalue weighted by atomic mass is 10.1.